The van der Waals surface area contributed by atoms with E-state index < -0.39 is 4.92 Å². The van der Waals surface area contributed by atoms with Crippen LogP contribution in [-0.2, 0) is 0 Å². The number of nitrogen functional groups attached to an aromatic ring is 1. The molecule has 1 aliphatic rings. The predicted octanol–water partition coefficient (Wildman–Crippen LogP) is 0.522. The first-order valence-corrected chi connectivity index (χ1v) is 6.93. The number of piperazine rings is 1. The number of nitro benzene ring substituents is 1. The monoisotopic (exact) mass is 318 g/mol. The van der Waals surface area contributed by atoms with Gasteiger partial charge >= 0.3 is 0 Å². The Hall–Kier alpha value is -3.17. The van der Waals surface area contributed by atoms with Crippen LogP contribution in [0, 0.1) is 10.1 Å². The molecule has 2 heterocycles. The summed E-state index contributed by atoms with van der Waals surface area (Å²) in [5.74, 6) is -0.333. The maximum atomic E-state index is 12.2. The molecule has 23 heavy (non-hydrogen) atoms. The lowest BCUT2D eigenvalue weighted by Gasteiger charge is -2.35. The number of aromatic nitrogens is 2. The van der Waals surface area contributed by atoms with Gasteiger partial charge in [-0.1, -0.05) is 0 Å². The summed E-state index contributed by atoms with van der Waals surface area (Å²) in [4.78, 5) is 26.1. The molecule has 120 valence electrons. The first-order valence-electron chi connectivity index (χ1n) is 6.93. The van der Waals surface area contributed by atoms with Crippen molar-refractivity contribution in [3.05, 3.63) is 40.1 Å². The number of carbonyl (C=O) groups excluding carboxylic acids is 1. The number of nitrogens with zero attached hydrogens (tertiary/aromatic N) is 5. The highest BCUT2D eigenvalue weighted by Gasteiger charge is 2.26. The average Bonchev–Trinajstić information content (AvgIpc) is 3.00. The lowest BCUT2D eigenvalue weighted by Crippen LogP contribution is -2.49. The van der Waals surface area contributed by atoms with Gasteiger partial charge in [0, 0.05) is 44.0 Å². The van der Waals surface area contributed by atoms with E-state index in [2.05, 4.69) is 19.8 Å². The molecular formula is C13H14N6O4. The molecule has 3 rings (SSSR count). The van der Waals surface area contributed by atoms with Gasteiger partial charge in [-0.05, 0) is 22.4 Å². The van der Waals surface area contributed by atoms with Crippen molar-refractivity contribution in [2.24, 2.45) is 0 Å². The molecular weight excluding hydrogens is 304 g/mol. The van der Waals surface area contributed by atoms with Gasteiger partial charge in [-0.15, -0.1) is 0 Å². The van der Waals surface area contributed by atoms with Crippen LogP contribution in [0.2, 0.25) is 0 Å². The summed E-state index contributed by atoms with van der Waals surface area (Å²) < 4.78 is 4.44. The second kappa shape index (κ2) is 5.91. The van der Waals surface area contributed by atoms with Gasteiger partial charge in [0.05, 0.1) is 4.92 Å². The topological polar surface area (TPSA) is 132 Å². The van der Waals surface area contributed by atoms with E-state index in [0.717, 1.165) is 5.69 Å². The van der Waals surface area contributed by atoms with Gasteiger partial charge in [0.25, 0.3) is 11.6 Å². The molecule has 1 aromatic heterocycles. The minimum atomic E-state index is -0.434. The Bertz CT molecular complexity index is 720. The molecule has 1 amide bonds. The number of nitro groups is 1. The maximum absolute atomic E-state index is 12.2. The van der Waals surface area contributed by atoms with E-state index in [1.165, 1.54) is 12.1 Å². The smallest absolute Gasteiger partial charge is 0.280 e. The standard InChI is InChI=1S/C13H14N6O4/c14-12-11(15-23-16-12)13(20)18-7-5-17(6-8-18)9-1-3-10(4-2-9)19(21)22/h1-4H,5-8H2,(H2,14,16). The van der Waals surface area contributed by atoms with Crippen LogP contribution in [0.1, 0.15) is 10.5 Å². The van der Waals surface area contributed by atoms with Crippen molar-refractivity contribution >= 4 is 23.1 Å². The average molecular weight is 318 g/mol. The van der Waals surface area contributed by atoms with Crippen molar-refractivity contribution in [2.45, 2.75) is 0 Å². The van der Waals surface area contributed by atoms with E-state index >= 15 is 0 Å². The lowest BCUT2D eigenvalue weighted by molar-refractivity contribution is -0.384. The Balaban J connectivity index is 1.63. The van der Waals surface area contributed by atoms with Crippen molar-refractivity contribution in [3.8, 4) is 0 Å². The second-order valence-corrected chi connectivity index (χ2v) is 5.05. The van der Waals surface area contributed by atoms with E-state index in [1.54, 1.807) is 17.0 Å². The molecule has 0 radical (unpaired) electrons. The molecule has 1 fully saturated rings. The van der Waals surface area contributed by atoms with Gasteiger partial charge in [-0.3, -0.25) is 14.9 Å². The van der Waals surface area contributed by atoms with Gasteiger partial charge < -0.3 is 15.5 Å². The molecule has 0 saturated carbocycles. The van der Waals surface area contributed by atoms with Crippen molar-refractivity contribution in [2.75, 3.05) is 36.8 Å². The normalized spacial score (nSPS) is 14.8. The van der Waals surface area contributed by atoms with Crippen LogP contribution in [0.5, 0.6) is 0 Å². The van der Waals surface area contributed by atoms with E-state index in [-0.39, 0.29) is 23.1 Å². The summed E-state index contributed by atoms with van der Waals surface area (Å²) in [6.45, 7) is 2.19. The quantitative estimate of drug-likeness (QED) is 0.640. The summed E-state index contributed by atoms with van der Waals surface area (Å²) in [6.07, 6.45) is 0. The summed E-state index contributed by atoms with van der Waals surface area (Å²) in [7, 11) is 0. The summed E-state index contributed by atoms with van der Waals surface area (Å²) in [6, 6.07) is 6.34. The van der Waals surface area contributed by atoms with Crippen LogP contribution >= 0.6 is 0 Å². The van der Waals surface area contributed by atoms with Crippen LogP contribution in [0.3, 0.4) is 0 Å². The predicted molar refractivity (Wildman–Crippen MR) is 79.9 cm³/mol. The minimum absolute atomic E-state index is 0.0206. The third kappa shape index (κ3) is 2.91. The second-order valence-electron chi connectivity index (χ2n) is 5.05. The third-order valence-electron chi connectivity index (χ3n) is 3.71. The van der Waals surface area contributed by atoms with Crippen molar-refractivity contribution in [1.82, 2.24) is 15.2 Å². The Morgan fingerprint density at radius 2 is 1.83 bits per heavy atom. The Kier molecular flexibility index (Phi) is 3.79. The number of hydrogen-bond donors (Lipinski definition) is 1. The Labute approximate surface area is 130 Å². The van der Waals surface area contributed by atoms with Crippen LogP contribution in [0.25, 0.3) is 0 Å². The molecule has 1 saturated heterocycles. The number of carbonyl (C=O) groups is 1. The largest absolute Gasteiger partial charge is 0.379 e. The summed E-state index contributed by atoms with van der Waals surface area (Å²) in [5.41, 5.74) is 6.48. The van der Waals surface area contributed by atoms with Crippen LogP contribution < -0.4 is 10.6 Å². The molecule has 0 atom stereocenters. The zero-order valence-electron chi connectivity index (χ0n) is 12.1. The maximum Gasteiger partial charge on any atom is 0.280 e. The number of nitrogens with two attached hydrogens (primary N) is 1. The number of hydrogen-bond acceptors (Lipinski definition) is 8. The molecule has 2 aromatic rings. The summed E-state index contributed by atoms with van der Waals surface area (Å²) in [5, 5.41) is 17.6. The van der Waals surface area contributed by atoms with Crippen molar-refractivity contribution in [3.63, 3.8) is 0 Å². The van der Waals surface area contributed by atoms with Crippen molar-refractivity contribution < 1.29 is 14.3 Å². The number of amides is 1. The van der Waals surface area contributed by atoms with Gasteiger partial charge in [0.1, 0.15) is 0 Å². The van der Waals surface area contributed by atoms with E-state index in [0.29, 0.717) is 26.2 Å². The molecule has 2 N–H and O–H groups in total. The van der Waals surface area contributed by atoms with Crippen LogP contribution in [0.15, 0.2) is 28.9 Å². The fourth-order valence-electron chi connectivity index (χ4n) is 2.45. The fraction of sp³-hybridized carbons (Fsp3) is 0.308. The van der Waals surface area contributed by atoms with Gasteiger partial charge in [0.2, 0.25) is 11.5 Å². The van der Waals surface area contributed by atoms with E-state index in [4.69, 9.17) is 5.73 Å². The highest BCUT2D eigenvalue weighted by Crippen LogP contribution is 2.21. The lowest BCUT2D eigenvalue weighted by atomic mass is 10.2. The van der Waals surface area contributed by atoms with Gasteiger partial charge in [-0.2, -0.15) is 0 Å². The molecule has 0 spiro atoms. The number of benzene rings is 1. The molecule has 1 aromatic carbocycles. The molecule has 1 aliphatic heterocycles. The zero-order valence-corrected chi connectivity index (χ0v) is 12.1. The van der Waals surface area contributed by atoms with E-state index in [1.807, 2.05) is 0 Å². The van der Waals surface area contributed by atoms with E-state index in [9.17, 15) is 14.9 Å². The van der Waals surface area contributed by atoms with Crippen LogP contribution in [-0.4, -0.2) is 52.2 Å². The number of rotatable bonds is 3. The molecule has 10 nitrogen and oxygen atoms in total. The SMILES string of the molecule is Nc1nonc1C(=O)N1CCN(c2ccc([N+](=O)[O-])cc2)CC1. The highest BCUT2D eigenvalue weighted by molar-refractivity contribution is 5.96. The van der Waals surface area contributed by atoms with Crippen molar-refractivity contribution in [1.29, 1.82) is 0 Å². The molecule has 0 unspecified atom stereocenters. The molecule has 10 heteroatoms. The highest BCUT2D eigenvalue weighted by atomic mass is 16.6. The van der Waals surface area contributed by atoms with Crippen LogP contribution in [0.4, 0.5) is 17.2 Å². The first kappa shape index (κ1) is 14.8. The number of anilines is 2. The van der Waals surface area contributed by atoms with Gasteiger partial charge in [-0.25, -0.2) is 4.63 Å². The number of non-ortho nitro benzene ring substituents is 1. The molecule has 0 aliphatic carbocycles. The first-order chi connectivity index (χ1) is 11.1. The Morgan fingerprint density at radius 1 is 1.17 bits per heavy atom. The Morgan fingerprint density at radius 3 is 2.35 bits per heavy atom. The van der Waals surface area contributed by atoms with Gasteiger partial charge in [0.15, 0.2) is 0 Å². The molecule has 0 bridgehead atoms. The summed E-state index contributed by atoms with van der Waals surface area (Å²) >= 11 is 0. The zero-order chi connectivity index (χ0) is 16.4. The fourth-order valence-corrected chi connectivity index (χ4v) is 2.45. The minimum Gasteiger partial charge on any atom is -0.379 e. The third-order valence-corrected chi connectivity index (χ3v) is 3.71.